The molecule has 4 aromatic rings. The summed E-state index contributed by atoms with van der Waals surface area (Å²) in [4.78, 5) is -0.181. The number of aryl methyl sites for hydroxylation is 2. The van der Waals surface area contributed by atoms with E-state index in [1.165, 1.54) is 36.4 Å². The third kappa shape index (κ3) is 5.02. The zero-order valence-corrected chi connectivity index (χ0v) is 18.4. The zero-order chi connectivity index (χ0) is 24.5. The summed E-state index contributed by atoms with van der Waals surface area (Å²) in [7, 11) is -3.98. The molecule has 0 aliphatic rings. The number of hydrogen-bond donors (Lipinski definition) is 1. The van der Waals surface area contributed by atoms with Crippen LogP contribution in [0.1, 0.15) is 11.3 Å². The van der Waals surface area contributed by atoms with Crippen molar-refractivity contribution < 1.29 is 26.0 Å². The Balaban J connectivity index is 1.90. The van der Waals surface area contributed by atoms with Crippen LogP contribution in [0.4, 0.5) is 17.6 Å². The van der Waals surface area contributed by atoms with Crippen LogP contribution < -0.4 is 5.14 Å². The Kier molecular flexibility index (Phi) is 6.28. The molecule has 3 aromatic carbocycles. The molecule has 0 unspecified atom stereocenters. The Bertz CT molecular complexity index is 1400. The summed E-state index contributed by atoms with van der Waals surface area (Å²) < 4.78 is 80.5. The fourth-order valence-corrected chi connectivity index (χ4v) is 4.20. The molecule has 0 fully saturated rings. The van der Waals surface area contributed by atoms with Crippen LogP contribution in [-0.2, 0) is 29.2 Å². The Morgan fingerprint density at radius 2 is 1.44 bits per heavy atom. The summed E-state index contributed by atoms with van der Waals surface area (Å²) in [5, 5.41) is 9.40. The van der Waals surface area contributed by atoms with Crippen LogP contribution in [0.25, 0.3) is 22.4 Å². The Labute approximate surface area is 193 Å². The second-order valence-electron chi connectivity index (χ2n) is 7.60. The smallest absolute Gasteiger partial charge is 0.259 e. The molecule has 0 saturated heterocycles. The van der Waals surface area contributed by atoms with E-state index in [4.69, 9.17) is 5.14 Å². The summed E-state index contributed by atoms with van der Waals surface area (Å²) >= 11 is 0. The highest BCUT2D eigenvalue weighted by Crippen LogP contribution is 2.43. The highest BCUT2D eigenvalue weighted by Gasteiger charge is 2.40. The lowest BCUT2D eigenvalue weighted by atomic mass is 9.98. The number of halogens is 4. The van der Waals surface area contributed by atoms with Crippen molar-refractivity contribution in [3.8, 4) is 22.4 Å². The fraction of sp³-hybridized carbons (Fsp3) is 0.125. The molecular formula is C24H19F4N3O2S. The molecule has 0 aliphatic heterocycles. The van der Waals surface area contributed by atoms with E-state index in [0.717, 1.165) is 22.4 Å². The van der Waals surface area contributed by atoms with Gasteiger partial charge in [-0.15, -0.1) is 0 Å². The molecule has 10 heteroatoms. The molecule has 0 amide bonds. The van der Waals surface area contributed by atoms with Crippen LogP contribution in [0.2, 0.25) is 0 Å². The number of nitrogens with zero attached hydrogens (tertiary/aromatic N) is 2. The van der Waals surface area contributed by atoms with Crippen LogP contribution in [0, 0.1) is 5.82 Å². The summed E-state index contributed by atoms with van der Waals surface area (Å²) in [6.07, 6.45) is -4.45. The van der Waals surface area contributed by atoms with E-state index in [-0.39, 0.29) is 33.8 Å². The minimum atomic E-state index is -4.76. The monoisotopic (exact) mass is 489 g/mol. The molecular weight excluding hydrogens is 470 g/mol. The Hall–Kier alpha value is -3.50. The lowest BCUT2D eigenvalue weighted by molar-refractivity contribution is -0.143. The third-order valence-corrected chi connectivity index (χ3v) is 6.19. The lowest BCUT2D eigenvalue weighted by Crippen LogP contribution is -2.16. The van der Waals surface area contributed by atoms with E-state index in [2.05, 4.69) is 5.10 Å². The molecule has 2 N–H and O–H groups in total. The van der Waals surface area contributed by atoms with E-state index in [0.29, 0.717) is 6.42 Å². The molecule has 0 atom stereocenters. The van der Waals surface area contributed by atoms with Gasteiger partial charge in [-0.1, -0.05) is 54.6 Å². The number of hydrogen-bond acceptors (Lipinski definition) is 3. The quantitative estimate of drug-likeness (QED) is 0.375. The first-order valence-corrected chi connectivity index (χ1v) is 11.7. The van der Waals surface area contributed by atoms with Crippen molar-refractivity contribution in [2.45, 2.75) is 24.0 Å². The van der Waals surface area contributed by atoms with E-state index in [1.54, 1.807) is 12.1 Å². The van der Waals surface area contributed by atoms with Crippen molar-refractivity contribution in [1.82, 2.24) is 9.78 Å². The molecule has 0 aliphatic carbocycles. The zero-order valence-electron chi connectivity index (χ0n) is 17.6. The first-order valence-electron chi connectivity index (χ1n) is 10.1. The number of primary sulfonamides is 1. The van der Waals surface area contributed by atoms with Gasteiger partial charge >= 0.3 is 6.18 Å². The largest absolute Gasteiger partial charge is 0.433 e. The van der Waals surface area contributed by atoms with E-state index in [9.17, 15) is 26.0 Å². The summed E-state index contributed by atoms with van der Waals surface area (Å²) in [5.74, 6) is -0.590. The molecule has 0 saturated carbocycles. The van der Waals surface area contributed by atoms with Gasteiger partial charge in [0.25, 0.3) is 0 Å². The van der Waals surface area contributed by atoms with Gasteiger partial charge in [-0.2, -0.15) is 18.3 Å². The normalized spacial score (nSPS) is 12.1. The molecule has 0 bridgehead atoms. The van der Waals surface area contributed by atoms with Crippen molar-refractivity contribution in [3.05, 3.63) is 95.9 Å². The molecule has 1 heterocycles. The Morgan fingerprint density at radius 1 is 0.853 bits per heavy atom. The molecule has 1 aromatic heterocycles. The van der Waals surface area contributed by atoms with Crippen molar-refractivity contribution in [1.29, 1.82) is 0 Å². The van der Waals surface area contributed by atoms with Crippen molar-refractivity contribution in [3.63, 3.8) is 0 Å². The standard InChI is InChI=1S/C24H19F4N3O2S/c25-19-10-6-17(7-11-19)21-22(18-8-12-20(13-9-18)34(29,32)33)30-31(23(21)24(26,27)28)15-14-16-4-2-1-3-5-16/h1-13H,14-15H2,(H2,29,32,33). The Morgan fingerprint density at radius 3 is 2.00 bits per heavy atom. The SMILES string of the molecule is NS(=O)(=O)c1ccc(-c2nn(CCc3ccccc3)c(C(F)(F)F)c2-c2ccc(F)cc2)cc1. The lowest BCUT2D eigenvalue weighted by Gasteiger charge is -2.13. The van der Waals surface area contributed by atoms with Crippen LogP contribution in [0.15, 0.2) is 83.8 Å². The van der Waals surface area contributed by atoms with Gasteiger partial charge in [0.05, 0.1) is 4.90 Å². The molecule has 0 spiro atoms. The van der Waals surface area contributed by atoms with Gasteiger partial charge < -0.3 is 0 Å². The average Bonchev–Trinajstić information content (AvgIpc) is 3.18. The predicted octanol–water partition coefficient (Wildman–Crippen LogP) is 5.27. The second kappa shape index (κ2) is 9.03. The third-order valence-electron chi connectivity index (χ3n) is 5.27. The van der Waals surface area contributed by atoms with Gasteiger partial charge in [0.15, 0.2) is 5.69 Å². The van der Waals surface area contributed by atoms with Crippen molar-refractivity contribution in [2.24, 2.45) is 5.14 Å². The highest BCUT2D eigenvalue weighted by molar-refractivity contribution is 7.89. The first kappa shape index (κ1) is 23.7. The maximum Gasteiger partial charge on any atom is 0.433 e. The van der Waals surface area contributed by atoms with E-state index < -0.39 is 27.7 Å². The molecule has 4 rings (SSSR count). The number of nitrogens with two attached hydrogens (primary N) is 1. The summed E-state index contributed by atoms with van der Waals surface area (Å²) in [6, 6.07) is 18.8. The second-order valence-corrected chi connectivity index (χ2v) is 9.17. The van der Waals surface area contributed by atoms with E-state index in [1.807, 2.05) is 18.2 Å². The van der Waals surface area contributed by atoms with Gasteiger partial charge in [0.2, 0.25) is 10.0 Å². The number of aromatic nitrogens is 2. The topological polar surface area (TPSA) is 78.0 Å². The molecule has 176 valence electrons. The maximum atomic E-state index is 14.3. The van der Waals surface area contributed by atoms with Gasteiger partial charge in [-0.05, 0) is 41.8 Å². The van der Waals surface area contributed by atoms with Crippen LogP contribution >= 0.6 is 0 Å². The molecule has 5 nitrogen and oxygen atoms in total. The van der Waals surface area contributed by atoms with Gasteiger partial charge in [-0.3, -0.25) is 4.68 Å². The van der Waals surface area contributed by atoms with Gasteiger partial charge in [0.1, 0.15) is 11.5 Å². The average molecular weight is 489 g/mol. The maximum absolute atomic E-state index is 14.3. The van der Waals surface area contributed by atoms with Gasteiger partial charge in [-0.25, -0.2) is 17.9 Å². The number of alkyl halides is 3. The van der Waals surface area contributed by atoms with Crippen LogP contribution in [0.5, 0.6) is 0 Å². The predicted molar refractivity (Wildman–Crippen MR) is 120 cm³/mol. The van der Waals surface area contributed by atoms with Crippen LogP contribution in [-0.4, -0.2) is 18.2 Å². The van der Waals surface area contributed by atoms with Crippen molar-refractivity contribution >= 4 is 10.0 Å². The first-order chi connectivity index (χ1) is 16.0. The minimum Gasteiger partial charge on any atom is -0.259 e. The highest BCUT2D eigenvalue weighted by atomic mass is 32.2. The summed E-state index contributed by atoms with van der Waals surface area (Å²) in [5.41, 5.74) is 0.0341. The van der Waals surface area contributed by atoms with Crippen LogP contribution in [0.3, 0.4) is 0 Å². The molecule has 0 radical (unpaired) electrons. The van der Waals surface area contributed by atoms with Gasteiger partial charge in [0, 0.05) is 17.7 Å². The number of benzene rings is 3. The van der Waals surface area contributed by atoms with Crippen molar-refractivity contribution in [2.75, 3.05) is 0 Å². The number of rotatable bonds is 6. The fourth-order valence-electron chi connectivity index (χ4n) is 3.69. The van der Waals surface area contributed by atoms with E-state index >= 15 is 0 Å². The number of sulfonamides is 1. The minimum absolute atomic E-state index is 0.00651. The summed E-state index contributed by atoms with van der Waals surface area (Å²) in [6.45, 7) is -0.0533. The molecule has 34 heavy (non-hydrogen) atoms.